The topological polar surface area (TPSA) is 102 Å². The van der Waals surface area contributed by atoms with Crippen LogP contribution in [-0.2, 0) is 16.1 Å². The van der Waals surface area contributed by atoms with Crippen LogP contribution in [0.5, 0.6) is 0 Å². The Kier molecular flexibility index (Phi) is 5.74. The number of rotatable bonds is 8. The predicted octanol–water partition coefficient (Wildman–Crippen LogP) is 0.970. The number of carbonyl (C=O) groups is 2. The third-order valence-electron chi connectivity index (χ3n) is 2.34. The van der Waals surface area contributed by atoms with Gasteiger partial charge in [-0.25, -0.2) is 4.79 Å². The maximum Gasteiger partial charge on any atom is 0.326 e. The number of carboxylic acid groups (broad SMARTS) is 1. The molecule has 1 heterocycles. The van der Waals surface area contributed by atoms with E-state index in [9.17, 15) is 9.59 Å². The largest absolute Gasteiger partial charge is 0.480 e. The van der Waals surface area contributed by atoms with Crippen molar-refractivity contribution in [3.8, 4) is 0 Å². The van der Waals surface area contributed by atoms with Gasteiger partial charge in [0.25, 0.3) is 5.91 Å². The van der Waals surface area contributed by atoms with Gasteiger partial charge in [0, 0.05) is 13.2 Å². The Bertz CT molecular complexity index is 455. The molecule has 1 unspecified atom stereocenters. The van der Waals surface area contributed by atoms with E-state index in [0.29, 0.717) is 12.2 Å². The van der Waals surface area contributed by atoms with Crippen LogP contribution in [0.15, 0.2) is 23.2 Å². The highest BCUT2D eigenvalue weighted by atomic mass is 16.5. The molecule has 0 spiro atoms. The quantitative estimate of drug-likeness (QED) is 0.681. The molecule has 0 saturated heterocycles. The third-order valence-corrected chi connectivity index (χ3v) is 2.34. The maximum atomic E-state index is 11.8. The van der Waals surface area contributed by atoms with Gasteiger partial charge in [0.15, 0.2) is 11.5 Å². The van der Waals surface area contributed by atoms with Crippen molar-refractivity contribution < 1.29 is 24.0 Å². The molecule has 2 N–H and O–H groups in total. The minimum absolute atomic E-state index is 0.0249. The molecule has 1 amide bonds. The van der Waals surface area contributed by atoms with Gasteiger partial charge in [-0.2, -0.15) is 0 Å². The van der Waals surface area contributed by atoms with Crippen molar-refractivity contribution in [1.82, 2.24) is 10.5 Å². The van der Waals surface area contributed by atoms with Gasteiger partial charge in [0.05, 0.1) is 0 Å². The number of allylic oxidation sites excluding steroid dienone is 1. The van der Waals surface area contributed by atoms with Crippen LogP contribution in [0.3, 0.4) is 0 Å². The lowest BCUT2D eigenvalue weighted by Crippen LogP contribution is -2.40. The molecule has 19 heavy (non-hydrogen) atoms. The Balaban J connectivity index is 2.64. The summed E-state index contributed by atoms with van der Waals surface area (Å²) in [5.74, 6) is -1.30. The number of methoxy groups -OCH3 is 1. The fourth-order valence-corrected chi connectivity index (χ4v) is 1.40. The van der Waals surface area contributed by atoms with E-state index in [4.69, 9.17) is 14.4 Å². The van der Waals surface area contributed by atoms with E-state index in [0.717, 1.165) is 0 Å². The number of aromatic nitrogens is 1. The lowest BCUT2D eigenvalue weighted by Gasteiger charge is -2.11. The highest BCUT2D eigenvalue weighted by molar-refractivity contribution is 5.94. The molecule has 1 aromatic heterocycles. The average molecular weight is 268 g/mol. The van der Waals surface area contributed by atoms with Crippen LogP contribution >= 0.6 is 0 Å². The van der Waals surface area contributed by atoms with Gasteiger partial charge in [0.1, 0.15) is 12.6 Å². The van der Waals surface area contributed by atoms with Crippen LogP contribution in [0.4, 0.5) is 0 Å². The number of carboxylic acids is 1. The molecule has 7 heteroatoms. The molecule has 104 valence electrons. The van der Waals surface area contributed by atoms with E-state index in [1.807, 2.05) is 0 Å². The third kappa shape index (κ3) is 4.55. The first kappa shape index (κ1) is 14.9. The van der Waals surface area contributed by atoms with Crippen LogP contribution in [0.1, 0.15) is 29.1 Å². The van der Waals surface area contributed by atoms with Crippen molar-refractivity contribution in [1.29, 1.82) is 0 Å². The molecular formula is C12H16N2O5. The maximum absolute atomic E-state index is 11.8. The molecule has 1 atom stereocenters. The van der Waals surface area contributed by atoms with E-state index in [1.54, 1.807) is 6.08 Å². The monoisotopic (exact) mass is 268 g/mol. The first-order chi connectivity index (χ1) is 9.08. The van der Waals surface area contributed by atoms with Gasteiger partial charge in [0.2, 0.25) is 0 Å². The zero-order valence-corrected chi connectivity index (χ0v) is 10.6. The minimum atomic E-state index is -1.10. The first-order valence-electron chi connectivity index (χ1n) is 5.67. The summed E-state index contributed by atoms with van der Waals surface area (Å²) < 4.78 is 9.67. The summed E-state index contributed by atoms with van der Waals surface area (Å²) in [6.07, 6.45) is 2.35. The van der Waals surface area contributed by atoms with Crippen molar-refractivity contribution in [3.63, 3.8) is 0 Å². The number of hydrogen-bond acceptors (Lipinski definition) is 5. The molecule has 7 nitrogen and oxygen atoms in total. The van der Waals surface area contributed by atoms with E-state index in [2.05, 4.69) is 17.1 Å². The molecule has 0 aliphatic rings. The van der Waals surface area contributed by atoms with Gasteiger partial charge in [-0.1, -0.05) is 11.2 Å². The van der Waals surface area contributed by atoms with Crippen molar-refractivity contribution in [3.05, 3.63) is 30.2 Å². The molecule has 0 saturated carbocycles. The van der Waals surface area contributed by atoms with Crippen molar-refractivity contribution in [2.75, 3.05) is 7.11 Å². The van der Waals surface area contributed by atoms with Crippen molar-refractivity contribution in [2.24, 2.45) is 0 Å². The summed E-state index contributed by atoms with van der Waals surface area (Å²) in [4.78, 5) is 22.7. The fourth-order valence-electron chi connectivity index (χ4n) is 1.40. The molecular weight excluding hydrogens is 252 g/mol. The van der Waals surface area contributed by atoms with E-state index in [-0.39, 0.29) is 18.7 Å². The fraction of sp³-hybridized carbons (Fsp3) is 0.417. The smallest absolute Gasteiger partial charge is 0.326 e. The van der Waals surface area contributed by atoms with E-state index in [1.165, 1.54) is 13.2 Å². The molecule has 1 rings (SSSR count). The Morgan fingerprint density at radius 3 is 3.00 bits per heavy atom. The van der Waals surface area contributed by atoms with Gasteiger partial charge >= 0.3 is 5.97 Å². The van der Waals surface area contributed by atoms with Gasteiger partial charge in [-0.3, -0.25) is 4.79 Å². The number of nitrogens with zero attached hydrogens (tertiary/aromatic N) is 1. The van der Waals surface area contributed by atoms with Crippen molar-refractivity contribution in [2.45, 2.75) is 25.5 Å². The lowest BCUT2D eigenvalue weighted by atomic mass is 10.1. The Labute approximate surface area is 110 Å². The molecule has 1 aromatic rings. The summed E-state index contributed by atoms with van der Waals surface area (Å²) in [7, 11) is 1.48. The zero-order chi connectivity index (χ0) is 14.3. The molecule has 0 aromatic carbocycles. The Morgan fingerprint density at radius 2 is 2.42 bits per heavy atom. The van der Waals surface area contributed by atoms with Crippen molar-refractivity contribution >= 4 is 11.9 Å². The van der Waals surface area contributed by atoms with Gasteiger partial charge < -0.3 is 19.7 Å². The zero-order valence-electron chi connectivity index (χ0n) is 10.6. The summed E-state index contributed by atoms with van der Waals surface area (Å²) in [5, 5.41) is 14.9. The van der Waals surface area contributed by atoms with Gasteiger partial charge in [-0.15, -0.1) is 6.58 Å². The highest BCUT2D eigenvalue weighted by Gasteiger charge is 2.21. The second-order valence-electron chi connectivity index (χ2n) is 3.84. The SMILES string of the molecule is C=CCCC(NC(=O)c1cc(COC)on1)C(=O)O. The summed E-state index contributed by atoms with van der Waals surface area (Å²) in [6.45, 7) is 3.70. The average Bonchev–Trinajstić information content (AvgIpc) is 2.83. The second kappa shape index (κ2) is 7.32. The summed E-state index contributed by atoms with van der Waals surface area (Å²) >= 11 is 0. The van der Waals surface area contributed by atoms with E-state index >= 15 is 0 Å². The Hall–Kier alpha value is -2.15. The standard InChI is InChI=1S/C12H16N2O5/c1-3-4-5-9(12(16)17)13-11(15)10-6-8(7-18-2)19-14-10/h3,6,9H,1,4-5,7H2,2H3,(H,13,15)(H,16,17). The van der Waals surface area contributed by atoms with Crippen LogP contribution in [0.2, 0.25) is 0 Å². The number of amides is 1. The number of ether oxygens (including phenoxy) is 1. The van der Waals surface area contributed by atoms with E-state index < -0.39 is 17.9 Å². The van der Waals surface area contributed by atoms with Crippen LogP contribution in [0.25, 0.3) is 0 Å². The number of aliphatic carboxylic acids is 1. The molecule has 0 aliphatic carbocycles. The molecule has 0 aliphatic heterocycles. The van der Waals surface area contributed by atoms with Crippen LogP contribution in [-0.4, -0.2) is 35.3 Å². The molecule has 0 radical (unpaired) electrons. The summed E-state index contributed by atoms with van der Waals surface area (Å²) in [5.41, 5.74) is 0.0249. The summed E-state index contributed by atoms with van der Waals surface area (Å²) in [6, 6.07) is 0.429. The first-order valence-corrected chi connectivity index (χ1v) is 5.67. The molecule has 0 bridgehead atoms. The minimum Gasteiger partial charge on any atom is -0.480 e. The second-order valence-corrected chi connectivity index (χ2v) is 3.84. The number of nitrogens with one attached hydrogen (secondary N) is 1. The number of carbonyl (C=O) groups excluding carboxylic acids is 1. The van der Waals surface area contributed by atoms with Crippen LogP contribution in [0, 0.1) is 0 Å². The molecule has 0 fully saturated rings. The predicted molar refractivity (Wildman–Crippen MR) is 65.5 cm³/mol. The van der Waals surface area contributed by atoms with Gasteiger partial charge in [-0.05, 0) is 12.8 Å². The normalized spacial score (nSPS) is 11.8. The Morgan fingerprint density at radius 1 is 1.68 bits per heavy atom. The lowest BCUT2D eigenvalue weighted by molar-refractivity contribution is -0.139. The highest BCUT2D eigenvalue weighted by Crippen LogP contribution is 2.06. The van der Waals surface area contributed by atoms with Crippen LogP contribution < -0.4 is 5.32 Å². The number of hydrogen-bond donors (Lipinski definition) is 2.